The Bertz CT molecular complexity index is 724. The molecule has 2 aromatic heterocycles. The maximum atomic E-state index is 5.12. The van der Waals surface area contributed by atoms with Gasteiger partial charge in [0, 0.05) is 22.1 Å². The van der Waals surface area contributed by atoms with E-state index in [1.807, 2.05) is 47.3 Å². The van der Waals surface area contributed by atoms with Crippen LogP contribution in [0.25, 0.3) is 10.9 Å². The van der Waals surface area contributed by atoms with Crippen LogP contribution in [-0.2, 0) is 6.54 Å². The molecule has 3 rings (SSSR count). The number of hydrogen-bond donors (Lipinski definition) is 0. The minimum Gasteiger partial charge on any atom is -0.481 e. The number of hydrogen-bond acceptors (Lipinski definition) is 3. The van der Waals surface area contributed by atoms with Crippen LogP contribution in [0, 0.1) is 0 Å². The number of halogens is 1. The molecule has 0 amide bonds. The second-order valence-corrected chi connectivity index (χ2v) is 5.02. The van der Waals surface area contributed by atoms with Gasteiger partial charge in [-0.25, -0.2) is 4.98 Å². The summed E-state index contributed by atoms with van der Waals surface area (Å²) in [5.41, 5.74) is 1.89. The van der Waals surface area contributed by atoms with E-state index in [0.29, 0.717) is 12.4 Å². The van der Waals surface area contributed by atoms with Crippen molar-refractivity contribution in [2.45, 2.75) is 6.54 Å². The van der Waals surface area contributed by atoms with E-state index in [9.17, 15) is 0 Å². The van der Waals surface area contributed by atoms with Gasteiger partial charge < -0.3 is 4.74 Å². The summed E-state index contributed by atoms with van der Waals surface area (Å²) >= 11 is 3.53. The van der Waals surface area contributed by atoms with E-state index >= 15 is 0 Å². The summed E-state index contributed by atoms with van der Waals surface area (Å²) < 4.78 is 8.06. The van der Waals surface area contributed by atoms with Crippen LogP contribution >= 0.6 is 15.9 Å². The van der Waals surface area contributed by atoms with Crippen LogP contribution in [0.4, 0.5) is 0 Å². The third-order valence-electron chi connectivity index (χ3n) is 2.86. The third kappa shape index (κ3) is 2.46. The van der Waals surface area contributed by atoms with Crippen molar-refractivity contribution in [2.24, 2.45) is 0 Å². The van der Waals surface area contributed by atoms with Gasteiger partial charge in [0.1, 0.15) is 0 Å². The number of ether oxygens (including phenoxy) is 1. The molecule has 19 heavy (non-hydrogen) atoms. The predicted molar refractivity (Wildman–Crippen MR) is 77.3 cm³/mol. The summed E-state index contributed by atoms with van der Waals surface area (Å²) in [4.78, 5) is 4.38. The van der Waals surface area contributed by atoms with Gasteiger partial charge in [-0.1, -0.05) is 28.1 Å². The Balaban J connectivity index is 1.94. The van der Waals surface area contributed by atoms with E-state index in [0.717, 1.165) is 21.1 Å². The average Bonchev–Trinajstić information content (AvgIpc) is 2.83. The molecule has 0 atom stereocenters. The number of pyridine rings is 1. The lowest BCUT2D eigenvalue weighted by atomic mass is 10.3. The SMILES string of the molecule is COc1cccc(Cn2cc3c(Br)cccc3n2)n1. The topological polar surface area (TPSA) is 39.9 Å². The molecule has 0 saturated heterocycles. The number of aromatic nitrogens is 3. The molecular weight excluding hydrogens is 306 g/mol. The minimum absolute atomic E-state index is 0.621. The molecule has 0 spiro atoms. The molecule has 0 N–H and O–H groups in total. The lowest BCUT2D eigenvalue weighted by Crippen LogP contribution is -2.02. The second kappa shape index (κ2) is 5.01. The number of methoxy groups -OCH3 is 1. The highest BCUT2D eigenvalue weighted by molar-refractivity contribution is 9.10. The largest absolute Gasteiger partial charge is 0.481 e. The summed E-state index contributed by atoms with van der Waals surface area (Å²) in [6.45, 7) is 0.623. The van der Waals surface area contributed by atoms with Gasteiger partial charge in [-0.2, -0.15) is 5.10 Å². The smallest absolute Gasteiger partial charge is 0.213 e. The molecule has 0 radical (unpaired) electrons. The van der Waals surface area contributed by atoms with E-state index in [1.165, 1.54) is 0 Å². The Morgan fingerprint density at radius 2 is 2.05 bits per heavy atom. The highest BCUT2D eigenvalue weighted by atomic mass is 79.9. The maximum Gasteiger partial charge on any atom is 0.213 e. The number of fused-ring (bicyclic) bond motifs is 1. The van der Waals surface area contributed by atoms with Crippen molar-refractivity contribution < 1.29 is 4.74 Å². The quantitative estimate of drug-likeness (QED) is 0.744. The summed E-state index contributed by atoms with van der Waals surface area (Å²) in [7, 11) is 1.62. The Kier molecular flexibility index (Phi) is 3.21. The molecule has 2 heterocycles. The first-order chi connectivity index (χ1) is 9.26. The van der Waals surface area contributed by atoms with Crippen molar-refractivity contribution in [3.05, 3.63) is 52.8 Å². The van der Waals surface area contributed by atoms with Crippen molar-refractivity contribution >= 4 is 26.8 Å². The van der Waals surface area contributed by atoms with E-state index in [2.05, 4.69) is 26.0 Å². The first-order valence-electron chi connectivity index (χ1n) is 5.88. The summed E-state index contributed by atoms with van der Waals surface area (Å²) in [5, 5.41) is 5.63. The van der Waals surface area contributed by atoms with Gasteiger partial charge in [-0.05, 0) is 18.2 Å². The van der Waals surface area contributed by atoms with Crippen LogP contribution in [0.2, 0.25) is 0 Å². The first-order valence-corrected chi connectivity index (χ1v) is 6.67. The predicted octanol–water partition coefficient (Wildman–Crippen LogP) is 3.25. The Hall–Kier alpha value is -1.88. The van der Waals surface area contributed by atoms with Gasteiger partial charge in [-0.15, -0.1) is 0 Å². The average molecular weight is 318 g/mol. The summed E-state index contributed by atoms with van der Waals surface area (Å²) in [6.07, 6.45) is 2.01. The fourth-order valence-electron chi connectivity index (χ4n) is 1.96. The lowest BCUT2D eigenvalue weighted by Gasteiger charge is -2.03. The highest BCUT2D eigenvalue weighted by Crippen LogP contribution is 2.22. The molecule has 0 aliphatic rings. The number of benzene rings is 1. The van der Waals surface area contributed by atoms with Crippen molar-refractivity contribution in [3.63, 3.8) is 0 Å². The van der Waals surface area contributed by atoms with Crippen LogP contribution < -0.4 is 4.74 Å². The molecule has 1 aromatic carbocycles. The zero-order valence-electron chi connectivity index (χ0n) is 10.4. The maximum absolute atomic E-state index is 5.12. The van der Waals surface area contributed by atoms with Crippen molar-refractivity contribution in [3.8, 4) is 5.88 Å². The van der Waals surface area contributed by atoms with Gasteiger partial charge in [-0.3, -0.25) is 4.68 Å². The fourth-order valence-corrected chi connectivity index (χ4v) is 2.42. The van der Waals surface area contributed by atoms with Crippen LogP contribution in [0.3, 0.4) is 0 Å². The minimum atomic E-state index is 0.621. The van der Waals surface area contributed by atoms with Gasteiger partial charge in [0.15, 0.2) is 0 Å². The summed E-state index contributed by atoms with van der Waals surface area (Å²) in [5.74, 6) is 0.621. The molecule has 5 heteroatoms. The van der Waals surface area contributed by atoms with Crippen molar-refractivity contribution in [1.82, 2.24) is 14.8 Å². The van der Waals surface area contributed by atoms with Crippen LogP contribution in [-0.4, -0.2) is 21.9 Å². The van der Waals surface area contributed by atoms with E-state index in [-0.39, 0.29) is 0 Å². The number of rotatable bonds is 3. The van der Waals surface area contributed by atoms with Crippen molar-refractivity contribution in [1.29, 1.82) is 0 Å². The Morgan fingerprint density at radius 1 is 1.21 bits per heavy atom. The molecule has 0 fully saturated rings. The lowest BCUT2D eigenvalue weighted by molar-refractivity contribution is 0.395. The standard InChI is InChI=1S/C14H12BrN3O/c1-19-14-7-2-4-10(16-14)8-18-9-11-12(15)5-3-6-13(11)17-18/h2-7,9H,8H2,1H3. The van der Waals surface area contributed by atoms with Gasteiger partial charge >= 0.3 is 0 Å². The van der Waals surface area contributed by atoms with Crippen LogP contribution in [0.1, 0.15) is 5.69 Å². The van der Waals surface area contributed by atoms with E-state index in [1.54, 1.807) is 7.11 Å². The Morgan fingerprint density at radius 3 is 2.84 bits per heavy atom. The molecule has 0 unspecified atom stereocenters. The molecule has 3 aromatic rings. The third-order valence-corrected chi connectivity index (χ3v) is 3.55. The normalized spacial score (nSPS) is 10.8. The fraction of sp³-hybridized carbons (Fsp3) is 0.143. The van der Waals surface area contributed by atoms with Crippen LogP contribution in [0.5, 0.6) is 5.88 Å². The van der Waals surface area contributed by atoms with Gasteiger partial charge in [0.2, 0.25) is 5.88 Å². The Labute approximate surface area is 119 Å². The molecule has 96 valence electrons. The zero-order valence-corrected chi connectivity index (χ0v) is 12.0. The molecule has 0 saturated carbocycles. The van der Waals surface area contributed by atoms with E-state index < -0.39 is 0 Å². The molecule has 4 nitrogen and oxygen atoms in total. The zero-order chi connectivity index (χ0) is 13.2. The monoisotopic (exact) mass is 317 g/mol. The van der Waals surface area contributed by atoms with Crippen molar-refractivity contribution in [2.75, 3.05) is 7.11 Å². The van der Waals surface area contributed by atoms with Gasteiger partial charge in [0.25, 0.3) is 0 Å². The molecule has 0 aliphatic heterocycles. The molecular formula is C14H12BrN3O. The second-order valence-electron chi connectivity index (χ2n) is 4.17. The number of nitrogens with zero attached hydrogens (tertiary/aromatic N) is 3. The highest BCUT2D eigenvalue weighted by Gasteiger charge is 2.05. The summed E-state index contributed by atoms with van der Waals surface area (Å²) in [6, 6.07) is 11.7. The molecule has 0 bridgehead atoms. The molecule has 0 aliphatic carbocycles. The first kappa shape index (κ1) is 12.2. The van der Waals surface area contributed by atoms with Gasteiger partial charge in [0.05, 0.1) is 24.9 Å². The van der Waals surface area contributed by atoms with E-state index in [4.69, 9.17) is 4.74 Å². The van der Waals surface area contributed by atoms with Crippen LogP contribution in [0.15, 0.2) is 47.1 Å².